The molecule has 5 heteroatoms. The number of aliphatic carboxylic acids is 1. The van der Waals surface area contributed by atoms with Gasteiger partial charge in [0.1, 0.15) is 0 Å². The minimum absolute atomic E-state index is 0.0115. The third kappa shape index (κ3) is 6.19. The number of amides is 1. The molecule has 0 aliphatic heterocycles. The normalized spacial score (nSPS) is 10.2. The number of carbonyl (C=O) groups is 2. The van der Waals surface area contributed by atoms with E-state index in [-0.39, 0.29) is 31.5 Å². The summed E-state index contributed by atoms with van der Waals surface area (Å²) in [4.78, 5) is 23.7. The van der Waals surface area contributed by atoms with Crippen LogP contribution in [0.3, 0.4) is 0 Å². The third-order valence-corrected chi connectivity index (χ3v) is 2.08. The maximum atomic E-state index is 11.7. The highest BCUT2D eigenvalue weighted by Crippen LogP contribution is 2.00. The molecule has 0 saturated carbocycles. The Labute approximate surface area is 96.1 Å². The molecule has 0 heterocycles. The SMILES string of the molecule is C=CCNCC(=O)N(CCC(=O)O)C(C)C. The largest absolute Gasteiger partial charge is 0.481 e. The van der Waals surface area contributed by atoms with Gasteiger partial charge < -0.3 is 15.3 Å². The van der Waals surface area contributed by atoms with Gasteiger partial charge in [-0.3, -0.25) is 9.59 Å². The molecule has 0 radical (unpaired) electrons. The first-order valence-electron chi connectivity index (χ1n) is 5.32. The number of carbonyl (C=O) groups excluding carboxylic acids is 1. The van der Waals surface area contributed by atoms with E-state index in [4.69, 9.17) is 5.11 Å². The van der Waals surface area contributed by atoms with Crippen molar-refractivity contribution < 1.29 is 14.7 Å². The molecule has 0 aliphatic carbocycles. The first kappa shape index (κ1) is 14.6. The summed E-state index contributed by atoms with van der Waals surface area (Å²) in [6.07, 6.45) is 1.65. The third-order valence-electron chi connectivity index (χ3n) is 2.08. The smallest absolute Gasteiger partial charge is 0.305 e. The Balaban J connectivity index is 4.13. The second-order valence-corrected chi connectivity index (χ2v) is 3.74. The Kier molecular flexibility index (Phi) is 7.20. The molecule has 0 aromatic rings. The van der Waals surface area contributed by atoms with Crippen LogP contribution in [0.1, 0.15) is 20.3 Å². The molecule has 0 rings (SSSR count). The molecule has 1 amide bonds. The van der Waals surface area contributed by atoms with Crippen molar-refractivity contribution in [3.05, 3.63) is 12.7 Å². The standard InChI is InChI=1S/C11H20N2O3/c1-4-6-12-8-10(14)13(9(2)3)7-5-11(15)16/h4,9,12H,1,5-8H2,2-3H3,(H,15,16). The zero-order valence-corrected chi connectivity index (χ0v) is 9.90. The summed E-state index contributed by atoms with van der Waals surface area (Å²) in [5.41, 5.74) is 0. The first-order valence-corrected chi connectivity index (χ1v) is 5.32. The zero-order valence-electron chi connectivity index (χ0n) is 9.90. The van der Waals surface area contributed by atoms with E-state index in [0.29, 0.717) is 6.54 Å². The number of nitrogens with zero attached hydrogens (tertiary/aromatic N) is 1. The van der Waals surface area contributed by atoms with Gasteiger partial charge in [0, 0.05) is 19.1 Å². The van der Waals surface area contributed by atoms with Gasteiger partial charge in [-0.1, -0.05) is 6.08 Å². The van der Waals surface area contributed by atoms with Crippen molar-refractivity contribution in [2.45, 2.75) is 26.3 Å². The van der Waals surface area contributed by atoms with Crippen LogP contribution in [0.15, 0.2) is 12.7 Å². The summed E-state index contributed by atoms with van der Waals surface area (Å²) in [5, 5.41) is 11.5. The molecule has 0 unspecified atom stereocenters. The Morgan fingerprint density at radius 3 is 2.56 bits per heavy atom. The van der Waals surface area contributed by atoms with Gasteiger partial charge in [-0.05, 0) is 13.8 Å². The summed E-state index contributed by atoms with van der Waals surface area (Å²) in [7, 11) is 0. The monoisotopic (exact) mass is 228 g/mol. The van der Waals surface area contributed by atoms with Gasteiger partial charge in [-0.25, -0.2) is 0 Å². The van der Waals surface area contributed by atoms with Gasteiger partial charge in [0.15, 0.2) is 0 Å². The van der Waals surface area contributed by atoms with Crippen molar-refractivity contribution in [3.63, 3.8) is 0 Å². The van der Waals surface area contributed by atoms with E-state index in [1.165, 1.54) is 0 Å². The van der Waals surface area contributed by atoms with Gasteiger partial charge in [0.25, 0.3) is 0 Å². The number of nitrogens with one attached hydrogen (secondary N) is 1. The molecule has 0 saturated heterocycles. The highest BCUT2D eigenvalue weighted by molar-refractivity contribution is 5.79. The van der Waals surface area contributed by atoms with Crippen molar-refractivity contribution in [2.24, 2.45) is 0 Å². The predicted molar refractivity (Wildman–Crippen MR) is 62.2 cm³/mol. The van der Waals surface area contributed by atoms with E-state index in [1.54, 1.807) is 11.0 Å². The molecule has 0 aromatic carbocycles. The van der Waals surface area contributed by atoms with E-state index in [2.05, 4.69) is 11.9 Å². The number of hydrogen-bond acceptors (Lipinski definition) is 3. The summed E-state index contributed by atoms with van der Waals surface area (Å²) in [6.45, 7) is 8.30. The van der Waals surface area contributed by atoms with Crippen LogP contribution < -0.4 is 5.32 Å². The summed E-state index contributed by atoms with van der Waals surface area (Å²) in [5.74, 6) is -0.976. The number of carboxylic acids is 1. The fraction of sp³-hybridized carbons (Fsp3) is 0.636. The lowest BCUT2D eigenvalue weighted by molar-refractivity contribution is -0.138. The van der Waals surface area contributed by atoms with Crippen LogP contribution in [0.4, 0.5) is 0 Å². The molecule has 0 spiro atoms. The van der Waals surface area contributed by atoms with E-state index >= 15 is 0 Å². The van der Waals surface area contributed by atoms with Crippen molar-refractivity contribution in [3.8, 4) is 0 Å². The summed E-state index contributed by atoms with van der Waals surface area (Å²) < 4.78 is 0. The van der Waals surface area contributed by atoms with Gasteiger partial charge in [0.05, 0.1) is 13.0 Å². The zero-order chi connectivity index (χ0) is 12.6. The van der Waals surface area contributed by atoms with Crippen LogP contribution in [0.25, 0.3) is 0 Å². The summed E-state index contributed by atoms with van der Waals surface area (Å²) in [6, 6.07) is 0.0115. The highest BCUT2D eigenvalue weighted by atomic mass is 16.4. The van der Waals surface area contributed by atoms with E-state index < -0.39 is 5.97 Å². The molecule has 0 atom stereocenters. The molecule has 0 bridgehead atoms. The van der Waals surface area contributed by atoms with Crippen molar-refractivity contribution in [1.29, 1.82) is 0 Å². The number of carboxylic acid groups (broad SMARTS) is 1. The van der Waals surface area contributed by atoms with Gasteiger partial charge in [-0.15, -0.1) is 6.58 Å². The van der Waals surface area contributed by atoms with Crippen molar-refractivity contribution >= 4 is 11.9 Å². The molecule has 2 N–H and O–H groups in total. The molecule has 0 aromatic heterocycles. The number of hydrogen-bond donors (Lipinski definition) is 2. The lowest BCUT2D eigenvalue weighted by Gasteiger charge is -2.26. The molecule has 92 valence electrons. The van der Waals surface area contributed by atoms with Crippen LogP contribution in [-0.4, -0.2) is 47.6 Å². The number of rotatable bonds is 8. The molecular weight excluding hydrogens is 208 g/mol. The molecule has 0 aliphatic rings. The Bertz CT molecular complexity index is 252. The minimum Gasteiger partial charge on any atom is -0.481 e. The lowest BCUT2D eigenvalue weighted by atomic mass is 10.2. The lowest BCUT2D eigenvalue weighted by Crippen LogP contribution is -2.43. The van der Waals surface area contributed by atoms with E-state index in [1.807, 2.05) is 13.8 Å². The van der Waals surface area contributed by atoms with Gasteiger partial charge in [-0.2, -0.15) is 0 Å². The molecule has 0 fully saturated rings. The van der Waals surface area contributed by atoms with Crippen LogP contribution in [0, 0.1) is 0 Å². The molecular formula is C11H20N2O3. The second-order valence-electron chi connectivity index (χ2n) is 3.74. The average Bonchev–Trinajstić information content (AvgIpc) is 2.17. The van der Waals surface area contributed by atoms with E-state index in [0.717, 1.165) is 0 Å². The Morgan fingerprint density at radius 1 is 1.50 bits per heavy atom. The Hall–Kier alpha value is -1.36. The highest BCUT2D eigenvalue weighted by Gasteiger charge is 2.16. The fourth-order valence-electron chi connectivity index (χ4n) is 1.27. The minimum atomic E-state index is -0.891. The van der Waals surface area contributed by atoms with Crippen LogP contribution in [0.5, 0.6) is 0 Å². The van der Waals surface area contributed by atoms with Crippen molar-refractivity contribution in [2.75, 3.05) is 19.6 Å². The van der Waals surface area contributed by atoms with Gasteiger partial charge >= 0.3 is 5.97 Å². The Morgan fingerprint density at radius 2 is 2.12 bits per heavy atom. The quantitative estimate of drug-likeness (QED) is 0.468. The van der Waals surface area contributed by atoms with Crippen LogP contribution >= 0.6 is 0 Å². The first-order chi connectivity index (χ1) is 7.49. The summed E-state index contributed by atoms with van der Waals surface area (Å²) >= 11 is 0. The second kappa shape index (κ2) is 7.87. The maximum absolute atomic E-state index is 11.7. The average molecular weight is 228 g/mol. The predicted octanol–water partition coefficient (Wildman–Crippen LogP) is 0.474. The maximum Gasteiger partial charge on any atom is 0.305 e. The van der Waals surface area contributed by atoms with Crippen LogP contribution in [0.2, 0.25) is 0 Å². The topological polar surface area (TPSA) is 69.6 Å². The van der Waals surface area contributed by atoms with Gasteiger partial charge in [0.2, 0.25) is 5.91 Å². The molecule has 16 heavy (non-hydrogen) atoms. The fourth-order valence-corrected chi connectivity index (χ4v) is 1.27. The molecule has 5 nitrogen and oxygen atoms in total. The van der Waals surface area contributed by atoms with E-state index in [9.17, 15) is 9.59 Å². The van der Waals surface area contributed by atoms with Crippen LogP contribution in [-0.2, 0) is 9.59 Å². The van der Waals surface area contributed by atoms with Crippen molar-refractivity contribution in [1.82, 2.24) is 10.2 Å².